The van der Waals surface area contributed by atoms with E-state index in [4.69, 9.17) is 14.2 Å². The minimum Gasteiger partial charge on any atom is -0.493 e. The Morgan fingerprint density at radius 3 is 2.11 bits per heavy atom. The van der Waals surface area contributed by atoms with Crippen LogP contribution in [0.3, 0.4) is 0 Å². The van der Waals surface area contributed by atoms with E-state index in [-0.39, 0.29) is 18.4 Å². The third-order valence-corrected chi connectivity index (χ3v) is 4.80. The van der Waals surface area contributed by atoms with Gasteiger partial charge in [0.15, 0.2) is 11.5 Å². The molecule has 1 amide bonds. The van der Waals surface area contributed by atoms with Crippen molar-refractivity contribution in [2.45, 2.75) is 32.2 Å². The van der Waals surface area contributed by atoms with Crippen LogP contribution in [0.1, 0.15) is 24.5 Å². The fourth-order valence-electron chi connectivity index (χ4n) is 2.86. The first-order chi connectivity index (χ1) is 13.0. The Morgan fingerprint density at radius 1 is 1.00 bits per heavy atom. The molecule has 2 aromatic rings. The topological polar surface area (TPSA) is 56.8 Å². The Bertz CT molecular complexity index is 736. The SMILES string of the molecule is COc1cc(CC(=O)NC(C)CCc2ccc(Br)cc2)cc(OC)c1OC. The van der Waals surface area contributed by atoms with Crippen LogP contribution >= 0.6 is 15.9 Å². The first kappa shape index (κ1) is 21.1. The number of nitrogens with one attached hydrogen (secondary N) is 1. The molecule has 0 saturated heterocycles. The summed E-state index contributed by atoms with van der Waals surface area (Å²) < 4.78 is 17.1. The minimum absolute atomic E-state index is 0.0346. The van der Waals surface area contributed by atoms with Crippen molar-refractivity contribution in [2.24, 2.45) is 0 Å². The summed E-state index contributed by atoms with van der Waals surface area (Å²) in [6.45, 7) is 2.02. The summed E-state index contributed by atoms with van der Waals surface area (Å²) >= 11 is 3.44. The number of ether oxygens (including phenoxy) is 3. The number of carbonyl (C=O) groups excluding carboxylic acids is 1. The average molecular weight is 436 g/mol. The molecule has 6 heteroatoms. The third-order valence-electron chi connectivity index (χ3n) is 4.28. The summed E-state index contributed by atoms with van der Waals surface area (Å²) in [4.78, 5) is 12.4. The molecule has 0 fully saturated rings. The first-order valence-corrected chi connectivity index (χ1v) is 9.58. The standard InChI is InChI=1S/C21H26BrNO4/c1-14(5-6-15-7-9-17(22)10-8-15)23-20(24)13-16-11-18(25-2)21(27-4)19(12-16)26-3/h7-12,14H,5-6,13H2,1-4H3,(H,23,24). The number of halogens is 1. The predicted molar refractivity (Wildman–Crippen MR) is 110 cm³/mol. The highest BCUT2D eigenvalue weighted by molar-refractivity contribution is 9.10. The molecule has 0 spiro atoms. The maximum Gasteiger partial charge on any atom is 0.224 e. The van der Waals surface area contributed by atoms with Gasteiger partial charge in [-0.15, -0.1) is 0 Å². The largest absolute Gasteiger partial charge is 0.493 e. The lowest BCUT2D eigenvalue weighted by molar-refractivity contribution is -0.121. The fourth-order valence-corrected chi connectivity index (χ4v) is 3.12. The van der Waals surface area contributed by atoms with E-state index in [0.717, 1.165) is 22.9 Å². The van der Waals surface area contributed by atoms with Gasteiger partial charge in [-0.05, 0) is 55.2 Å². The van der Waals surface area contributed by atoms with E-state index in [1.807, 2.05) is 19.1 Å². The van der Waals surface area contributed by atoms with Crippen LogP contribution in [0, 0.1) is 0 Å². The summed E-state index contributed by atoms with van der Waals surface area (Å²) in [6, 6.07) is 11.9. The first-order valence-electron chi connectivity index (χ1n) is 8.79. The van der Waals surface area contributed by atoms with Crippen LogP contribution in [0.5, 0.6) is 17.2 Å². The van der Waals surface area contributed by atoms with E-state index >= 15 is 0 Å². The number of rotatable bonds is 9. The number of hydrogen-bond donors (Lipinski definition) is 1. The number of carbonyl (C=O) groups is 1. The molecule has 0 radical (unpaired) electrons. The van der Waals surface area contributed by atoms with Crippen LogP contribution in [0.4, 0.5) is 0 Å². The van der Waals surface area contributed by atoms with Gasteiger partial charge >= 0.3 is 0 Å². The fraction of sp³-hybridized carbons (Fsp3) is 0.381. The van der Waals surface area contributed by atoms with Crippen molar-refractivity contribution in [3.05, 3.63) is 52.0 Å². The van der Waals surface area contributed by atoms with Crippen LogP contribution in [0.25, 0.3) is 0 Å². The summed E-state index contributed by atoms with van der Waals surface area (Å²) in [5.74, 6) is 1.57. The lowest BCUT2D eigenvalue weighted by Crippen LogP contribution is -2.34. The van der Waals surface area contributed by atoms with Gasteiger partial charge in [0.05, 0.1) is 27.8 Å². The van der Waals surface area contributed by atoms with Gasteiger partial charge in [0.1, 0.15) is 0 Å². The quantitative estimate of drug-likeness (QED) is 0.642. The van der Waals surface area contributed by atoms with Gasteiger partial charge < -0.3 is 19.5 Å². The van der Waals surface area contributed by atoms with Crippen molar-refractivity contribution >= 4 is 21.8 Å². The molecule has 146 valence electrons. The summed E-state index contributed by atoms with van der Waals surface area (Å²) in [5, 5.41) is 3.05. The summed E-state index contributed by atoms with van der Waals surface area (Å²) in [7, 11) is 4.68. The van der Waals surface area contributed by atoms with E-state index in [0.29, 0.717) is 17.2 Å². The van der Waals surface area contributed by atoms with Crippen molar-refractivity contribution in [2.75, 3.05) is 21.3 Å². The molecule has 0 aliphatic carbocycles. The Kier molecular flexibility index (Phi) is 7.98. The lowest BCUT2D eigenvalue weighted by Gasteiger charge is -2.16. The predicted octanol–water partition coefficient (Wildman–Crippen LogP) is 4.15. The Labute approximate surface area is 169 Å². The number of aryl methyl sites for hydroxylation is 1. The molecule has 0 aromatic heterocycles. The molecule has 1 atom stereocenters. The van der Waals surface area contributed by atoms with E-state index in [2.05, 4.69) is 33.4 Å². The van der Waals surface area contributed by atoms with Crippen molar-refractivity contribution < 1.29 is 19.0 Å². The van der Waals surface area contributed by atoms with Crippen molar-refractivity contribution in [1.29, 1.82) is 0 Å². The molecule has 1 N–H and O–H groups in total. The van der Waals surface area contributed by atoms with E-state index in [1.54, 1.807) is 33.5 Å². The molecule has 0 saturated carbocycles. The van der Waals surface area contributed by atoms with E-state index in [9.17, 15) is 4.79 Å². The molecule has 0 bridgehead atoms. The molecule has 27 heavy (non-hydrogen) atoms. The van der Waals surface area contributed by atoms with Gasteiger partial charge in [-0.2, -0.15) is 0 Å². The number of amides is 1. The molecule has 1 unspecified atom stereocenters. The van der Waals surface area contributed by atoms with Gasteiger partial charge in [0.2, 0.25) is 11.7 Å². The molecular formula is C21H26BrNO4. The zero-order valence-electron chi connectivity index (χ0n) is 16.2. The summed E-state index contributed by atoms with van der Waals surface area (Å²) in [5.41, 5.74) is 2.06. The molecular weight excluding hydrogens is 410 g/mol. The van der Waals surface area contributed by atoms with Crippen molar-refractivity contribution in [1.82, 2.24) is 5.32 Å². The van der Waals surface area contributed by atoms with Gasteiger partial charge in [-0.1, -0.05) is 28.1 Å². The van der Waals surface area contributed by atoms with Crippen LogP contribution in [-0.4, -0.2) is 33.3 Å². The van der Waals surface area contributed by atoms with Gasteiger partial charge in [0.25, 0.3) is 0 Å². The monoisotopic (exact) mass is 435 g/mol. The zero-order chi connectivity index (χ0) is 19.8. The second-order valence-corrected chi connectivity index (χ2v) is 7.26. The smallest absolute Gasteiger partial charge is 0.224 e. The molecule has 0 aliphatic heterocycles. The summed E-state index contributed by atoms with van der Waals surface area (Å²) in [6.07, 6.45) is 2.04. The maximum atomic E-state index is 12.4. The number of methoxy groups -OCH3 is 3. The molecule has 0 heterocycles. The van der Waals surface area contributed by atoms with Crippen LogP contribution in [0.15, 0.2) is 40.9 Å². The van der Waals surface area contributed by atoms with Gasteiger partial charge in [-0.25, -0.2) is 0 Å². The number of benzene rings is 2. The Morgan fingerprint density at radius 2 is 1.59 bits per heavy atom. The molecule has 5 nitrogen and oxygen atoms in total. The van der Waals surface area contributed by atoms with Gasteiger partial charge in [0, 0.05) is 10.5 Å². The second kappa shape index (κ2) is 10.2. The van der Waals surface area contributed by atoms with Crippen molar-refractivity contribution in [3.8, 4) is 17.2 Å². The van der Waals surface area contributed by atoms with E-state index in [1.165, 1.54) is 5.56 Å². The van der Waals surface area contributed by atoms with E-state index < -0.39 is 0 Å². The molecule has 2 rings (SSSR count). The normalized spacial score (nSPS) is 11.6. The van der Waals surface area contributed by atoms with Crippen LogP contribution < -0.4 is 19.5 Å². The molecule has 0 aliphatic rings. The Hall–Kier alpha value is -2.21. The highest BCUT2D eigenvalue weighted by Gasteiger charge is 2.15. The highest BCUT2D eigenvalue weighted by atomic mass is 79.9. The Balaban J connectivity index is 1.93. The third kappa shape index (κ3) is 6.17. The molecule has 2 aromatic carbocycles. The second-order valence-electron chi connectivity index (χ2n) is 6.34. The highest BCUT2D eigenvalue weighted by Crippen LogP contribution is 2.38. The van der Waals surface area contributed by atoms with Crippen molar-refractivity contribution in [3.63, 3.8) is 0 Å². The van der Waals surface area contributed by atoms with Crippen LogP contribution in [-0.2, 0) is 17.6 Å². The average Bonchev–Trinajstić information content (AvgIpc) is 2.66. The zero-order valence-corrected chi connectivity index (χ0v) is 17.8. The van der Waals surface area contributed by atoms with Gasteiger partial charge in [-0.3, -0.25) is 4.79 Å². The number of hydrogen-bond acceptors (Lipinski definition) is 4. The minimum atomic E-state index is -0.0346. The maximum absolute atomic E-state index is 12.4. The lowest BCUT2D eigenvalue weighted by atomic mass is 10.1. The van der Waals surface area contributed by atoms with Crippen LogP contribution in [0.2, 0.25) is 0 Å².